The summed E-state index contributed by atoms with van der Waals surface area (Å²) in [5.74, 6) is 1.41. The zero-order chi connectivity index (χ0) is 17.5. The first-order valence-corrected chi connectivity index (χ1v) is 9.61. The Morgan fingerprint density at radius 1 is 1.33 bits per heavy atom. The number of halogens is 1. The van der Waals surface area contributed by atoms with E-state index < -0.39 is 0 Å². The van der Waals surface area contributed by atoms with Gasteiger partial charge in [0.05, 0.1) is 6.33 Å². The van der Waals surface area contributed by atoms with Crippen molar-refractivity contribution in [3.8, 4) is 0 Å². The highest BCUT2D eigenvalue weighted by molar-refractivity contribution is 7.99. The molecule has 0 aliphatic rings. The number of hydrogen-bond acceptors (Lipinski definition) is 5. The van der Waals surface area contributed by atoms with E-state index in [1.165, 1.54) is 18.2 Å². The summed E-state index contributed by atoms with van der Waals surface area (Å²) in [6.45, 7) is 6.50. The molecule has 132 valence electrons. The minimum absolute atomic E-state index is 0.0700. The number of rotatable bonds is 9. The first-order valence-electron chi connectivity index (χ1n) is 8.24. The molecule has 0 bridgehead atoms. The third kappa shape index (κ3) is 5.94. The van der Waals surface area contributed by atoms with Crippen LogP contribution >= 0.6 is 23.4 Å². The van der Waals surface area contributed by atoms with Crippen molar-refractivity contribution in [2.45, 2.75) is 57.5 Å². The van der Waals surface area contributed by atoms with Gasteiger partial charge in [-0.2, -0.15) is 4.98 Å². The molecule has 2 aromatic heterocycles. The molecule has 0 radical (unpaired) electrons. The summed E-state index contributed by atoms with van der Waals surface area (Å²) in [7, 11) is 0. The number of hydrogen-bond donors (Lipinski definition) is 2. The number of carbonyl (C=O) groups is 1. The van der Waals surface area contributed by atoms with Crippen molar-refractivity contribution < 1.29 is 4.79 Å². The molecule has 0 spiro atoms. The molecule has 0 unspecified atom stereocenters. The summed E-state index contributed by atoms with van der Waals surface area (Å²) in [5.41, 5.74) is 1.30. The molecule has 24 heavy (non-hydrogen) atoms. The summed E-state index contributed by atoms with van der Waals surface area (Å²) in [5, 5.41) is 3.94. The highest BCUT2D eigenvalue weighted by Gasteiger charge is 2.12. The predicted molar refractivity (Wildman–Crippen MR) is 98.3 cm³/mol. The largest absolute Gasteiger partial charge is 0.354 e. The van der Waals surface area contributed by atoms with Crippen LogP contribution in [0.25, 0.3) is 11.2 Å². The third-order valence-electron chi connectivity index (χ3n) is 3.62. The van der Waals surface area contributed by atoms with Gasteiger partial charge in [-0.1, -0.05) is 26.7 Å². The van der Waals surface area contributed by atoms with Crippen LogP contribution in [0.5, 0.6) is 0 Å². The van der Waals surface area contributed by atoms with E-state index >= 15 is 0 Å². The Morgan fingerprint density at radius 3 is 2.88 bits per heavy atom. The smallest absolute Gasteiger partial charge is 0.225 e. The van der Waals surface area contributed by atoms with Crippen molar-refractivity contribution in [3.05, 3.63) is 11.6 Å². The molecule has 2 aromatic rings. The maximum atomic E-state index is 12.0. The Morgan fingerprint density at radius 2 is 2.12 bits per heavy atom. The quantitative estimate of drug-likeness (QED) is 0.399. The maximum absolute atomic E-state index is 12.0. The predicted octanol–water partition coefficient (Wildman–Crippen LogP) is 3.82. The molecule has 0 saturated carbocycles. The van der Waals surface area contributed by atoms with E-state index in [0.717, 1.165) is 23.4 Å². The molecule has 2 N–H and O–H groups in total. The lowest BCUT2D eigenvalue weighted by molar-refractivity contribution is -0.121. The minimum Gasteiger partial charge on any atom is -0.354 e. The van der Waals surface area contributed by atoms with Crippen LogP contribution in [0, 0.1) is 5.92 Å². The van der Waals surface area contributed by atoms with Crippen LogP contribution in [0.15, 0.2) is 11.4 Å². The number of nitrogens with one attached hydrogen (secondary N) is 2. The van der Waals surface area contributed by atoms with Gasteiger partial charge in [-0.25, -0.2) is 9.97 Å². The van der Waals surface area contributed by atoms with Crippen molar-refractivity contribution in [3.63, 3.8) is 0 Å². The fraction of sp³-hybridized carbons (Fsp3) is 0.625. The average Bonchev–Trinajstić information content (AvgIpc) is 2.94. The zero-order valence-corrected chi connectivity index (χ0v) is 15.9. The number of fused-ring (bicyclic) bond motifs is 1. The SMILES string of the molecule is CC(C)CCC[C@H](C)NC(=O)CCSc1nc(Cl)nc2nc[nH]c12. The van der Waals surface area contributed by atoms with Crippen LogP contribution in [-0.4, -0.2) is 37.6 Å². The standard InChI is InChI=1S/C16H24ClN5OS/c1-10(2)5-4-6-11(3)20-12(23)7-8-24-15-13-14(19-9-18-13)21-16(17)22-15/h9-11H,4-8H2,1-3H3,(H,20,23)(H,18,19,21,22)/t11-/m0/s1. The summed E-state index contributed by atoms with van der Waals surface area (Å²) in [6, 6.07) is 0.217. The van der Waals surface area contributed by atoms with Gasteiger partial charge in [-0.3, -0.25) is 4.79 Å². The molecular weight excluding hydrogens is 346 g/mol. The molecule has 0 aromatic carbocycles. The second kappa shape index (κ2) is 9.22. The van der Waals surface area contributed by atoms with E-state index in [1.54, 1.807) is 6.33 Å². The fourth-order valence-corrected chi connectivity index (χ4v) is 3.52. The zero-order valence-electron chi connectivity index (χ0n) is 14.3. The Bertz CT molecular complexity index is 676. The summed E-state index contributed by atoms with van der Waals surface area (Å²) >= 11 is 7.37. The molecule has 0 saturated heterocycles. The minimum atomic E-state index is 0.0700. The van der Waals surface area contributed by atoms with Crippen LogP contribution in [-0.2, 0) is 4.79 Å². The van der Waals surface area contributed by atoms with Crippen LogP contribution < -0.4 is 5.32 Å². The molecule has 0 fully saturated rings. The number of aromatic nitrogens is 4. The topological polar surface area (TPSA) is 83.6 Å². The van der Waals surface area contributed by atoms with Gasteiger partial charge in [0.1, 0.15) is 10.5 Å². The molecule has 6 nitrogen and oxygen atoms in total. The van der Waals surface area contributed by atoms with Gasteiger partial charge < -0.3 is 10.3 Å². The van der Waals surface area contributed by atoms with Crippen LogP contribution in [0.2, 0.25) is 5.28 Å². The molecule has 1 amide bonds. The van der Waals surface area contributed by atoms with Crippen LogP contribution in [0.3, 0.4) is 0 Å². The van der Waals surface area contributed by atoms with E-state index in [2.05, 4.69) is 46.0 Å². The lowest BCUT2D eigenvalue weighted by Crippen LogP contribution is -2.32. The second-order valence-electron chi connectivity index (χ2n) is 6.29. The van der Waals surface area contributed by atoms with Gasteiger partial charge in [0.2, 0.25) is 11.2 Å². The second-order valence-corrected chi connectivity index (χ2v) is 7.71. The van der Waals surface area contributed by atoms with Crippen molar-refractivity contribution in [1.82, 2.24) is 25.3 Å². The van der Waals surface area contributed by atoms with Gasteiger partial charge in [-0.05, 0) is 30.9 Å². The first kappa shape index (κ1) is 19.0. The normalized spacial score (nSPS) is 12.7. The fourth-order valence-electron chi connectivity index (χ4n) is 2.38. The molecule has 0 aliphatic heterocycles. The van der Waals surface area contributed by atoms with Crippen molar-refractivity contribution in [2.24, 2.45) is 5.92 Å². The van der Waals surface area contributed by atoms with Gasteiger partial charge in [0, 0.05) is 18.2 Å². The first-order chi connectivity index (χ1) is 11.5. The van der Waals surface area contributed by atoms with Crippen molar-refractivity contribution in [2.75, 3.05) is 5.75 Å². The monoisotopic (exact) mass is 369 g/mol. The molecular formula is C16H24ClN5OS. The van der Waals surface area contributed by atoms with Gasteiger partial charge in [0.25, 0.3) is 0 Å². The summed E-state index contributed by atoms with van der Waals surface area (Å²) < 4.78 is 0. The van der Waals surface area contributed by atoms with E-state index in [-0.39, 0.29) is 17.2 Å². The van der Waals surface area contributed by atoms with Crippen LogP contribution in [0.1, 0.15) is 46.5 Å². The van der Waals surface area contributed by atoms with E-state index in [9.17, 15) is 4.79 Å². The van der Waals surface area contributed by atoms with Gasteiger partial charge in [0.15, 0.2) is 5.65 Å². The number of carbonyl (C=O) groups excluding carboxylic acids is 1. The highest BCUT2D eigenvalue weighted by Crippen LogP contribution is 2.24. The Hall–Kier alpha value is -1.34. The van der Waals surface area contributed by atoms with E-state index in [1.807, 2.05) is 0 Å². The Labute approximate surface area is 151 Å². The third-order valence-corrected chi connectivity index (χ3v) is 4.77. The summed E-state index contributed by atoms with van der Waals surface area (Å²) in [4.78, 5) is 27.3. The lowest BCUT2D eigenvalue weighted by atomic mass is 10.0. The molecule has 2 heterocycles. The molecule has 8 heteroatoms. The number of nitrogens with zero attached hydrogens (tertiary/aromatic N) is 3. The van der Waals surface area contributed by atoms with Crippen molar-refractivity contribution in [1.29, 1.82) is 0 Å². The molecule has 1 atom stereocenters. The average molecular weight is 370 g/mol. The number of imidazole rings is 1. The van der Waals surface area contributed by atoms with E-state index in [4.69, 9.17) is 11.6 Å². The highest BCUT2D eigenvalue weighted by atomic mass is 35.5. The molecule has 0 aliphatic carbocycles. The van der Waals surface area contributed by atoms with Gasteiger partial charge in [-0.15, -0.1) is 11.8 Å². The van der Waals surface area contributed by atoms with Crippen molar-refractivity contribution >= 4 is 40.4 Å². The number of thioether (sulfide) groups is 1. The van der Waals surface area contributed by atoms with E-state index in [0.29, 0.717) is 23.7 Å². The maximum Gasteiger partial charge on any atom is 0.225 e. The number of amides is 1. The Kier molecular flexibility index (Phi) is 7.30. The number of aromatic amines is 1. The van der Waals surface area contributed by atoms with Crippen LogP contribution in [0.4, 0.5) is 0 Å². The lowest BCUT2D eigenvalue weighted by Gasteiger charge is -2.14. The molecule has 2 rings (SSSR count). The van der Waals surface area contributed by atoms with Gasteiger partial charge >= 0.3 is 0 Å². The summed E-state index contributed by atoms with van der Waals surface area (Å²) in [6.07, 6.45) is 5.37. The Balaban J connectivity index is 1.75. The number of H-pyrrole nitrogens is 1.